The van der Waals surface area contributed by atoms with Gasteiger partial charge >= 0.3 is 6.61 Å². The Hall–Kier alpha value is -3.99. The number of rotatable bonds is 6. The molecule has 1 unspecified atom stereocenters. The number of nitrogens with zero attached hydrogens (tertiary/aromatic N) is 4. The molecule has 2 aromatic carbocycles. The van der Waals surface area contributed by atoms with Crippen molar-refractivity contribution < 1.29 is 27.8 Å². The lowest BCUT2D eigenvalue weighted by atomic mass is 9.97. The zero-order valence-corrected chi connectivity index (χ0v) is 19.7. The molecule has 37 heavy (non-hydrogen) atoms. The SMILES string of the molecule is CC(CCO)c1ncc(-c2cc3c(cc2F)nc2n3[C@@H]3C[C@H]2NC(=O)c2cccc(OC(F)F)c23)cn1. The lowest BCUT2D eigenvalue weighted by Crippen LogP contribution is -2.28. The predicted octanol–water partition coefficient (Wildman–Crippen LogP) is 4.50. The number of imidazole rings is 1. The van der Waals surface area contributed by atoms with Crippen LogP contribution in [0.2, 0.25) is 0 Å². The number of ether oxygens (including phenoxy) is 1. The molecular formula is C26H22F3N5O3. The number of hydrogen-bond donors (Lipinski definition) is 2. The van der Waals surface area contributed by atoms with Crippen molar-refractivity contribution in [2.75, 3.05) is 6.61 Å². The molecule has 0 fully saturated rings. The maximum Gasteiger partial charge on any atom is 0.387 e. The topological polar surface area (TPSA) is 102 Å². The minimum absolute atomic E-state index is 0.0136. The predicted molar refractivity (Wildman–Crippen MR) is 127 cm³/mol. The van der Waals surface area contributed by atoms with E-state index in [1.165, 1.54) is 30.6 Å². The summed E-state index contributed by atoms with van der Waals surface area (Å²) in [6, 6.07) is 6.45. The van der Waals surface area contributed by atoms with Crippen molar-refractivity contribution in [3.05, 3.63) is 71.3 Å². The standard InChI is InChI=1S/C26H22F3N5O3/c1-12(5-6-35)23-30-10-13(11-31-23)15-7-19-17(8-16(15)27)32-24-18-9-20(34(19)24)22-14(25(36)33-18)3-2-4-21(22)37-26(28)29/h2-4,7-8,10-12,18,20,26,35H,5-6,9H2,1H3,(H,33,36)/t12?,18-,20-/m1/s1. The molecule has 6 rings (SSSR count). The van der Waals surface area contributed by atoms with Gasteiger partial charge in [0, 0.05) is 53.2 Å². The van der Waals surface area contributed by atoms with Crippen LogP contribution in [-0.2, 0) is 0 Å². The third kappa shape index (κ3) is 3.81. The van der Waals surface area contributed by atoms with Gasteiger partial charge in [-0.05, 0) is 31.0 Å². The number of carbonyl (C=O) groups excluding carboxylic acids is 1. The van der Waals surface area contributed by atoms with Gasteiger partial charge in [-0.25, -0.2) is 19.3 Å². The van der Waals surface area contributed by atoms with Crippen molar-refractivity contribution in [3.63, 3.8) is 0 Å². The molecule has 0 aliphatic carbocycles. The molecule has 0 saturated heterocycles. The average molecular weight is 509 g/mol. The smallest absolute Gasteiger partial charge is 0.387 e. The van der Waals surface area contributed by atoms with Crippen molar-refractivity contribution in [1.82, 2.24) is 24.8 Å². The number of amides is 1. The van der Waals surface area contributed by atoms with E-state index in [4.69, 9.17) is 9.84 Å². The van der Waals surface area contributed by atoms with Crippen LogP contribution < -0.4 is 10.1 Å². The van der Waals surface area contributed by atoms with Gasteiger partial charge < -0.3 is 19.7 Å². The molecule has 2 N–H and O–H groups in total. The number of benzene rings is 2. The maximum atomic E-state index is 15.2. The van der Waals surface area contributed by atoms with Crippen LogP contribution in [0, 0.1) is 5.82 Å². The molecule has 8 nitrogen and oxygen atoms in total. The van der Waals surface area contributed by atoms with Crippen LogP contribution in [0.5, 0.6) is 5.75 Å². The van der Waals surface area contributed by atoms with Crippen molar-refractivity contribution >= 4 is 16.9 Å². The lowest BCUT2D eigenvalue weighted by molar-refractivity contribution is -0.0507. The number of nitrogens with one attached hydrogen (secondary N) is 1. The highest BCUT2D eigenvalue weighted by atomic mass is 19.3. The van der Waals surface area contributed by atoms with Crippen LogP contribution in [0.25, 0.3) is 22.2 Å². The highest BCUT2D eigenvalue weighted by Crippen LogP contribution is 2.47. The Balaban J connectivity index is 1.49. The third-order valence-electron chi connectivity index (χ3n) is 7.04. The molecule has 2 aliphatic rings. The van der Waals surface area contributed by atoms with Crippen LogP contribution in [0.1, 0.15) is 65.3 Å². The molecule has 3 atom stereocenters. The highest BCUT2D eigenvalue weighted by molar-refractivity contribution is 5.98. The number of aliphatic hydroxyl groups excluding tert-OH is 1. The lowest BCUT2D eigenvalue weighted by Gasteiger charge is -2.21. The molecular weight excluding hydrogens is 487 g/mol. The number of hydrogen-bond acceptors (Lipinski definition) is 6. The Kier molecular flexibility index (Phi) is 5.59. The van der Waals surface area contributed by atoms with E-state index in [-0.39, 0.29) is 29.4 Å². The summed E-state index contributed by atoms with van der Waals surface area (Å²) < 4.78 is 48.3. The van der Waals surface area contributed by atoms with E-state index in [2.05, 4.69) is 20.3 Å². The fourth-order valence-electron chi connectivity index (χ4n) is 5.31. The molecule has 190 valence electrons. The van der Waals surface area contributed by atoms with E-state index in [9.17, 15) is 13.6 Å². The zero-order valence-electron chi connectivity index (χ0n) is 19.7. The van der Waals surface area contributed by atoms with Gasteiger partial charge in [0.15, 0.2) is 0 Å². The minimum atomic E-state index is -3.06. The number of aromatic nitrogens is 4. The number of carbonyl (C=O) groups is 1. The van der Waals surface area contributed by atoms with Crippen LogP contribution in [0.3, 0.4) is 0 Å². The molecule has 0 saturated carbocycles. The summed E-state index contributed by atoms with van der Waals surface area (Å²) in [5.41, 5.74) is 2.29. The molecule has 0 radical (unpaired) electrons. The normalized spacial score (nSPS) is 18.9. The fraction of sp³-hybridized carbons (Fsp3) is 0.308. The van der Waals surface area contributed by atoms with Crippen LogP contribution in [-0.4, -0.2) is 43.8 Å². The summed E-state index contributed by atoms with van der Waals surface area (Å²) in [6.45, 7) is -1.14. The Morgan fingerprint density at radius 3 is 2.73 bits per heavy atom. The van der Waals surface area contributed by atoms with E-state index in [0.717, 1.165) is 0 Å². The Morgan fingerprint density at radius 2 is 2.00 bits per heavy atom. The van der Waals surface area contributed by atoms with Gasteiger partial charge in [0.2, 0.25) is 0 Å². The van der Waals surface area contributed by atoms with E-state index in [0.29, 0.717) is 46.7 Å². The van der Waals surface area contributed by atoms with Gasteiger partial charge in [-0.15, -0.1) is 0 Å². The summed E-state index contributed by atoms with van der Waals surface area (Å²) in [4.78, 5) is 26.2. The van der Waals surface area contributed by atoms with Crippen molar-refractivity contribution in [3.8, 4) is 16.9 Å². The molecule has 0 spiro atoms. The number of alkyl halides is 2. The Bertz CT molecular complexity index is 1520. The Labute approximate surface area is 209 Å². The zero-order chi connectivity index (χ0) is 25.8. The van der Waals surface area contributed by atoms with Gasteiger partial charge in [0.1, 0.15) is 23.2 Å². The summed E-state index contributed by atoms with van der Waals surface area (Å²) in [6.07, 6.45) is 3.98. The summed E-state index contributed by atoms with van der Waals surface area (Å²) in [5, 5.41) is 12.1. The molecule has 2 aliphatic heterocycles. The first-order valence-corrected chi connectivity index (χ1v) is 11.9. The molecule has 2 bridgehead atoms. The molecule has 1 amide bonds. The fourth-order valence-corrected chi connectivity index (χ4v) is 5.31. The summed E-state index contributed by atoms with van der Waals surface area (Å²) in [5.74, 6) is 0.0255. The monoisotopic (exact) mass is 509 g/mol. The first-order chi connectivity index (χ1) is 17.9. The van der Waals surface area contributed by atoms with Crippen LogP contribution in [0.15, 0.2) is 42.7 Å². The molecule has 4 aromatic rings. The van der Waals surface area contributed by atoms with Gasteiger partial charge in [-0.2, -0.15) is 8.78 Å². The largest absolute Gasteiger partial charge is 0.434 e. The Morgan fingerprint density at radius 1 is 1.22 bits per heavy atom. The van der Waals surface area contributed by atoms with E-state index in [1.54, 1.807) is 12.1 Å². The first kappa shape index (κ1) is 23.4. The second-order valence-electron chi connectivity index (χ2n) is 9.28. The summed E-state index contributed by atoms with van der Waals surface area (Å²) >= 11 is 0. The first-order valence-electron chi connectivity index (χ1n) is 11.9. The van der Waals surface area contributed by atoms with Gasteiger partial charge in [0.25, 0.3) is 5.91 Å². The minimum Gasteiger partial charge on any atom is -0.434 e. The molecule has 2 aromatic heterocycles. The van der Waals surface area contributed by atoms with Gasteiger partial charge in [-0.3, -0.25) is 4.79 Å². The van der Waals surface area contributed by atoms with E-state index in [1.807, 2.05) is 11.5 Å². The molecule has 11 heteroatoms. The van der Waals surface area contributed by atoms with Crippen LogP contribution >= 0.6 is 0 Å². The highest BCUT2D eigenvalue weighted by Gasteiger charge is 2.42. The van der Waals surface area contributed by atoms with Gasteiger partial charge in [0.05, 0.1) is 23.1 Å². The van der Waals surface area contributed by atoms with Crippen molar-refractivity contribution in [1.29, 1.82) is 0 Å². The van der Waals surface area contributed by atoms with Crippen molar-refractivity contribution in [2.24, 2.45) is 0 Å². The van der Waals surface area contributed by atoms with Crippen LogP contribution in [0.4, 0.5) is 13.2 Å². The van der Waals surface area contributed by atoms with E-state index >= 15 is 4.39 Å². The molecule has 4 heterocycles. The average Bonchev–Trinajstić information content (AvgIpc) is 3.35. The number of aliphatic hydroxyl groups is 1. The summed E-state index contributed by atoms with van der Waals surface area (Å²) in [7, 11) is 0. The number of fused-ring (bicyclic) bond motifs is 9. The van der Waals surface area contributed by atoms with Gasteiger partial charge in [-0.1, -0.05) is 13.0 Å². The van der Waals surface area contributed by atoms with E-state index < -0.39 is 30.4 Å². The second-order valence-corrected chi connectivity index (χ2v) is 9.28. The quantitative estimate of drug-likeness (QED) is 0.397. The number of halogens is 3. The second kappa shape index (κ2) is 8.84. The third-order valence-corrected chi connectivity index (χ3v) is 7.04. The maximum absolute atomic E-state index is 15.2. The van der Waals surface area contributed by atoms with Crippen molar-refractivity contribution in [2.45, 2.75) is 44.4 Å².